The minimum atomic E-state index is 0.721. The van der Waals surface area contributed by atoms with E-state index in [4.69, 9.17) is 0 Å². The summed E-state index contributed by atoms with van der Waals surface area (Å²) in [5.41, 5.74) is 2.77. The monoisotopic (exact) mass is 257 g/mol. The smallest absolute Gasteiger partial charge is 0.0946 e. The number of imidazole rings is 1. The molecule has 19 heavy (non-hydrogen) atoms. The minimum Gasteiger partial charge on any atom is -0.336 e. The van der Waals surface area contributed by atoms with Crippen molar-refractivity contribution >= 4 is 0 Å². The van der Waals surface area contributed by atoms with Gasteiger partial charge in [-0.15, -0.1) is 0 Å². The van der Waals surface area contributed by atoms with Gasteiger partial charge in [0.1, 0.15) is 0 Å². The Bertz CT molecular complexity index is 457. The second kappa shape index (κ2) is 7.10. The number of nitrogens with zero attached hydrogens (tertiary/aromatic N) is 2. The standard InChI is InChI=1S/C16H23N3/c1-14(2)11-15-3-5-16(6-4-15)12-17-7-9-19-10-8-18-13-19/h3-6,8,10,13-14,17H,7,9,11-12H2,1-2H3. The summed E-state index contributed by atoms with van der Waals surface area (Å²) in [6, 6.07) is 8.93. The van der Waals surface area contributed by atoms with Crippen molar-refractivity contribution in [1.29, 1.82) is 0 Å². The van der Waals surface area contributed by atoms with Crippen LogP contribution in [-0.2, 0) is 19.5 Å². The normalized spacial score (nSPS) is 11.1. The molecule has 0 radical (unpaired) electrons. The van der Waals surface area contributed by atoms with Crippen LogP contribution in [0.1, 0.15) is 25.0 Å². The summed E-state index contributed by atoms with van der Waals surface area (Å²) in [5.74, 6) is 0.721. The summed E-state index contributed by atoms with van der Waals surface area (Å²) in [7, 11) is 0. The van der Waals surface area contributed by atoms with Gasteiger partial charge < -0.3 is 9.88 Å². The van der Waals surface area contributed by atoms with E-state index in [-0.39, 0.29) is 0 Å². The highest BCUT2D eigenvalue weighted by atomic mass is 15.0. The first kappa shape index (κ1) is 13.8. The van der Waals surface area contributed by atoms with Crippen molar-refractivity contribution < 1.29 is 0 Å². The van der Waals surface area contributed by atoms with Gasteiger partial charge in [0, 0.05) is 32.0 Å². The third kappa shape index (κ3) is 4.87. The molecule has 0 aliphatic rings. The molecule has 0 unspecified atom stereocenters. The molecular weight excluding hydrogens is 234 g/mol. The molecule has 0 saturated heterocycles. The van der Waals surface area contributed by atoms with Crippen molar-refractivity contribution in [2.45, 2.75) is 33.4 Å². The summed E-state index contributed by atoms with van der Waals surface area (Å²) >= 11 is 0. The number of rotatable bonds is 7. The lowest BCUT2D eigenvalue weighted by atomic mass is 10.0. The van der Waals surface area contributed by atoms with Crippen molar-refractivity contribution in [3.8, 4) is 0 Å². The molecule has 0 amide bonds. The van der Waals surface area contributed by atoms with E-state index in [9.17, 15) is 0 Å². The minimum absolute atomic E-state index is 0.721. The van der Waals surface area contributed by atoms with Crippen molar-refractivity contribution in [1.82, 2.24) is 14.9 Å². The molecule has 2 aromatic rings. The summed E-state index contributed by atoms with van der Waals surface area (Å²) in [6.45, 7) is 7.36. The van der Waals surface area contributed by atoms with Gasteiger partial charge in [0.05, 0.1) is 6.33 Å². The third-order valence-corrected chi connectivity index (χ3v) is 3.10. The van der Waals surface area contributed by atoms with E-state index in [1.165, 1.54) is 11.1 Å². The Kier molecular flexibility index (Phi) is 5.16. The number of benzene rings is 1. The van der Waals surface area contributed by atoms with Crippen molar-refractivity contribution in [3.05, 3.63) is 54.1 Å². The van der Waals surface area contributed by atoms with Crippen molar-refractivity contribution in [2.24, 2.45) is 5.92 Å². The predicted molar refractivity (Wildman–Crippen MR) is 78.9 cm³/mol. The quantitative estimate of drug-likeness (QED) is 0.773. The van der Waals surface area contributed by atoms with Gasteiger partial charge in [-0.3, -0.25) is 0 Å². The molecule has 2 rings (SSSR count). The van der Waals surface area contributed by atoms with Crippen LogP contribution in [0.3, 0.4) is 0 Å². The molecule has 0 bridgehead atoms. The van der Waals surface area contributed by atoms with Crippen molar-refractivity contribution in [2.75, 3.05) is 6.54 Å². The van der Waals surface area contributed by atoms with Crippen LogP contribution in [0.15, 0.2) is 43.0 Å². The number of nitrogens with one attached hydrogen (secondary N) is 1. The average molecular weight is 257 g/mol. The summed E-state index contributed by atoms with van der Waals surface area (Å²) < 4.78 is 2.08. The van der Waals surface area contributed by atoms with Crippen LogP contribution in [0, 0.1) is 5.92 Å². The topological polar surface area (TPSA) is 29.9 Å². The number of hydrogen-bond donors (Lipinski definition) is 1. The highest BCUT2D eigenvalue weighted by molar-refractivity contribution is 5.22. The zero-order valence-electron chi connectivity index (χ0n) is 11.8. The van der Waals surface area contributed by atoms with Crippen LogP contribution in [0.2, 0.25) is 0 Å². The highest BCUT2D eigenvalue weighted by Gasteiger charge is 1.98. The van der Waals surface area contributed by atoms with E-state index in [1.807, 2.05) is 18.7 Å². The summed E-state index contributed by atoms with van der Waals surface area (Å²) in [4.78, 5) is 4.03. The van der Waals surface area contributed by atoms with Gasteiger partial charge in [0.2, 0.25) is 0 Å². The van der Waals surface area contributed by atoms with Crippen LogP contribution in [0.25, 0.3) is 0 Å². The van der Waals surface area contributed by atoms with E-state index >= 15 is 0 Å². The van der Waals surface area contributed by atoms with Crippen LogP contribution in [0.4, 0.5) is 0 Å². The second-order valence-electron chi connectivity index (χ2n) is 5.39. The maximum atomic E-state index is 4.03. The molecule has 102 valence electrons. The fourth-order valence-electron chi connectivity index (χ4n) is 2.12. The van der Waals surface area contributed by atoms with Crippen LogP contribution in [-0.4, -0.2) is 16.1 Å². The zero-order chi connectivity index (χ0) is 13.5. The van der Waals surface area contributed by atoms with Crippen LogP contribution < -0.4 is 5.32 Å². The van der Waals surface area contributed by atoms with E-state index in [0.717, 1.165) is 32.0 Å². The van der Waals surface area contributed by atoms with Gasteiger partial charge in [-0.25, -0.2) is 4.98 Å². The highest BCUT2D eigenvalue weighted by Crippen LogP contribution is 2.09. The molecule has 3 heteroatoms. The Balaban J connectivity index is 1.71. The molecule has 0 spiro atoms. The summed E-state index contributed by atoms with van der Waals surface area (Å²) in [6.07, 6.45) is 6.81. The molecule has 3 nitrogen and oxygen atoms in total. The van der Waals surface area contributed by atoms with E-state index in [0.29, 0.717) is 0 Å². The second-order valence-corrected chi connectivity index (χ2v) is 5.39. The average Bonchev–Trinajstić information content (AvgIpc) is 2.89. The predicted octanol–water partition coefficient (Wildman–Crippen LogP) is 2.87. The van der Waals surface area contributed by atoms with Gasteiger partial charge >= 0.3 is 0 Å². The zero-order valence-corrected chi connectivity index (χ0v) is 11.8. The Morgan fingerprint density at radius 2 is 1.89 bits per heavy atom. The number of aromatic nitrogens is 2. The molecule has 1 N–H and O–H groups in total. The Morgan fingerprint density at radius 3 is 2.53 bits per heavy atom. The van der Waals surface area contributed by atoms with E-state index < -0.39 is 0 Å². The van der Waals surface area contributed by atoms with Gasteiger partial charge in [-0.1, -0.05) is 38.1 Å². The van der Waals surface area contributed by atoms with Gasteiger partial charge in [0.15, 0.2) is 0 Å². The first-order valence-electron chi connectivity index (χ1n) is 6.98. The van der Waals surface area contributed by atoms with Crippen LogP contribution in [0.5, 0.6) is 0 Å². The largest absolute Gasteiger partial charge is 0.336 e. The van der Waals surface area contributed by atoms with Gasteiger partial charge in [-0.05, 0) is 23.5 Å². The fraction of sp³-hybridized carbons (Fsp3) is 0.438. The molecule has 0 saturated carbocycles. The Morgan fingerprint density at radius 1 is 1.16 bits per heavy atom. The van der Waals surface area contributed by atoms with Gasteiger partial charge in [-0.2, -0.15) is 0 Å². The van der Waals surface area contributed by atoms with Gasteiger partial charge in [0.25, 0.3) is 0 Å². The fourth-order valence-corrected chi connectivity index (χ4v) is 2.12. The number of hydrogen-bond acceptors (Lipinski definition) is 2. The summed E-state index contributed by atoms with van der Waals surface area (Å²) in [5, 5.41) is 3.45. The lowest BCUT2D eigenvalue weighted by molar-refractivity contribution is 0.597. The SMILES string of the molecule is CC(C)Cc1ccc(CNCCn2ccnc2)cc1. The maximum Gasteiger partial charge on any atom is 0.0946 e. The van der Waals surface area contributed by atoms with E-state index in [1.54, 1.807) is 0 Å². The first-order valence-corrected chi connectivity index (χ1v) is 6.98. The third-order valence-electron chi connectivity index (χ3n) is 3.10. The molecule has 0 aliphatic carbocycles. The lowest BCUT2D eigenvalue weighted by Gasteiger charge is -2.08. The molecule has 0 atom stereocenters. The van der Waals surface area contributed by atoms with E-state index in [2.05, 4.69) is 53.0 Å². The first-order chi connectivity index (χ1) is 9.24. The maximum absolute atomic E-state index is 4.03. The van der Waals surface area contributed by atoms with Crippen LogP contribution >= 0.6 is 0 Å². The molecule has 1 heterocycles. The molecular formula is C16H23N3. The van der Waals surface area contributed by atoms with Crippen molar-refractivity contribution in [3.63, 3.8) is 0 Å². The molecule has 0 fully saturated rings. The Hall–Kier alpha value is -1.61. The molecule has 1 aromatic carbocycles. The molecule has 1 aromatic heterocycles. The lowest BCUT2D eigenvalue weighted by Crippen LogP contribution is -2.18. The molecule has 0 aliphatic heterocycles. The Labute approximate surface area is 115 Å².